The monoisotopic (exact) mass is 391 g/mol. The summed E-state index contributed by atoms with van der Waals surface area (Å²) >= 11 is 0. The maximum Gasteiger partial charge on any atom is 0.264 e. The molecule has 0 spiro atoms. The van der Waals surface area contributed by atoms with Gasteiger partial charge in [0.1, 0.15) is 5.75 Å². The van der Waals surface area contributed by atoms with E-state index >= 15 is 0 Å². The summed E-state index contributed by atoms with van der Waals surface area (Å²) < 4.78 is 25.1. The van der Waals surface area contributed by atoms with Crippen molar-refractivity contribution in [3.63, 3.8) is 0 Å². The van der Waals surface area contributed by atoms with Gasteiger partial charge in [0, 0.05) is 30.7 Å². The molecule has 5 nitrogen and oxygen atoms in total. The molecule has 0 aliphatic rings. The van der Waals surface area contributed by atoms with Gasteiger partial charge in [0.15, 0.2) is 5.85 Å². The number of rotatable bonds is 9. The Balaban J connectivity index is 2.44. The summed E-state index contributed by atoms with van der Waals surface area (Å²) in [6.07, 6.45) is 0.762. The van der Waals surface area contributed by atoms with Crippen LogP contribution < -0.4 is 14.9 Å². The number of aliphatic hydroxyl groups is 1. The van der Waals surface area contributed by atoms with Gasteiger partial charge in [-0.15, -0.1) is 0 Å². The Bertz CT molecular complexity index is 774. The highest BCUT2D eigenvalue weighted by Gasteiger charge is 2.38. The zero-order chi connectivity index (χ0) is 20.0. The molecule has 0 amide bonds. The van der Waals surface area contributed by atoms with Gasteiger partial charge in [-0.2, -0.15) is 0 Å². The van der Waals surface area contributed by atoms with Gasteiger partial charge in [0.05, 0.1) is 13.7 Å². The first-order chi connectivity index (χ1) is 12.8. The fourth-order valence-corrected chi connectivity index (χ4v) is 4.83. The summed E-state index contributed by atoms with van der Waals surface area (Å²) in [5.74, 6) is -0.397. The third-order valence-corrected chi connectivity index (χ3v) is 6.95. The summed E-state index contributed by atoms with van der Waals surface area (Å²) in [6.45, 7) is 4.48. The van der Waals surface area contributed by atoms with E-state index in [1.165, 1.54) is 7.11 Å². The Kier molecular flexibility index (Phi) is 7.49. The fraction of sp³-hybridized carbons (Fsp3) is 0.429. The molecule has 1 N–H and O–H groups in total. The molecule has 0 radical (unpaired) electrons. The Hall–Kier alpha value is -1.81. The smallest absolute Gasteiger partial charge is 0.264 e. The second kappa shape index (κ2) is 9.41. The minimum absolute atomic E-state index is 0.316. The van der Waals surface area contributed by atoms with Crippen LogP contribution in [0.5, 0.6) is 5.75 Å². The first kappa shape index (κ1) is 21.5. The molecular weight excluding hydrogens is 361 g/mol. The highest BCUT2D eigenvalue weighted by atomic mass is 31.2. The van der Waals surface area contributed by atoms with Crippen molar-refractivity contribution in [3.05, 3.63) is 54.1 Å². The van der Waals surface area contributed by atoms with E-state index in [1.54, 1.807) is 30.3 Å². The number of hydrogen-bond acceptors (Lipinski definition) is 5. The van der Waals surface area contributed by atoms with Crippen molar-refractivity contribution in [1.29, 1.82) is 0 Å². The zero-order valence-electron chi connectivity index (χ0n) is 16.8. The molecule has 0 bridgehead atoms. The number of aliphatic hydroxyl groups excluding tert-OH is 1. The predicted octanol–water partition coefficient (Wildman–Crippen LogP) is 4.42. The lowest BCUT2D eigenvalue weighted by Crippen LogP contribution is -2.17. The highest BCUT2D eigenvalue weighted by molar-refractivity contribution is 7.67. The standard InChI is InChI=1S/C21H30NO4P/c1-16(2)14-15-26-27(24,18-12-10-17(11-13-18)22(3)4)21(23)19-8-6-7-9-20(19)25-5/h6-13,16,21,23H,14-15H2,1-5H3/t21-,27-/m1/s1. The fourth-order valence-electron chi connectivity index (χ4n) is 2.73. The maximum atomic E-state index is 13.9. The molecule has 0 unspecified atom stereocenters. The van der Waals surface area contributed by atoms with Crippen molar-refractivity contribution in [2.45, 2.75) is 26.1 Å². The molecule has 2 atom stereocenters. The number of ether oxygens (including phenoxy) is 1. The first-order valence-corrected chi connectivity index (χ1v) is 10.8. The van der Waals surface area contributed by atoms with Crippen LogP contribution in [0.2, 0.25) is 0 Å². The minimum Gasteiger partial charge on any atom is -0.496 e. The topological polar surface area (TPSA) is 59.0 Å². The number of nitrogens with zero attached hydrogens (tertiary/aromatic N) is 1. The molecule has 0 aromatic heterocycles. The summed E-state index contributed by atoms with van der Waals surface area (Å²) in [5, 5.41) is 11.6. The van der Waals surface area contributed by atoms with E-state index in [-0.39, 0.29) is 0 Å². The van der Waals surface area contributed by atoms with Crippen LogP contribution in [-0.2, 0) is 9.09 Å². The normalized spacial score (nSPS) is 14.6. The van der Waals surface area contributed by atoms with Crippen molar-refractivity contribution in [3.8, 4) is 5.75 Å². The molecule has 6 heteroatoms. The lowest BCUT2D eigenvalue weighted by atomic mass is 10.2. The first-order valence-electron chi connectivity index (χ1n) is 9.12. The van der Waals surface area contributed by atoms with E-state index in [0.717, 1.165) is 12.1 Å². The quantitative estimate of drug-likeness (QED) is 0.642. The lowest BCUT2D eigenvalue weighted by molar-refractivity contribution is 0.205. The number of anilines is 1. The van der Waals surface area contributed by atoms with Crippen LogP contribution in [0, 0.1) is 5.92 Å². The highest BCUT2D eigenvalue weighted by Crippen LogP contribution is 2.59. The maximum absolute atomic E-state index is 13.9. The molecule has 2 aromatic rings. The molecule has 0 heterocycles. The summed E-state index contributed by atoms with van der Waals surface area (Å²) in [7, 11) is 1.84. The van der Waals surface area contributed by atoms with Gasteiger partial charge >= 0.3 is 0 Å². The Morgan fingerprint density at radius 2 is 1.70 bits per heavy atom. The molecule has 2 aromatic carbocycles. The van der Waals surface area contributed by atoms with Gasteiger partial charge in [0.2, 0.25) is 0 Å². The largest absolute Gasteiger partial charge is 0.496 e. The van der Waals surface area contributed by atoms with Crippen molar-refractivity contribution < 1.29 is 18.9 Å². The molecule has 2 rings (SSSR count). The number of methoxy groups -OCH3 is 1. The number of benzene rings is 2. The van der Waals surface area contributed by atoms with E-state index in [9.17, 15) is 9.67 Å². The van der Waals surface area contributed by atoms with Gasteiger partial charge in [-0.05, 0) is 42.7 Å². The Morgan fingerprint density at radius 3 is 2.26 bits per heavy atom. The van der Waals surface area contributed by atoms with Crippen molar-refractivity contribution >= 4 is 18.4 Å². The van der Waals surface area contributed by atoms with Crippen LogP contribution in [-0.4, -0.2) is 32.9 Å². The molecule has 0 fully saturated rings. The van der Waals surface area contributed by atoms with Gasteiger partial charge in [0.25, 0.3) is 7.37 Å². The molecule has 0 saturated carbocycles. The lowest BCUT2D eigenvalue weighted by Gasteiger charge is -2.26. The number of hydrogen-bond donors (Lipinski definition) is 1. The number of para-hydroxylation sites is 1. The van der Waals surface area contributed by atoms with E-state index < -0.39 is 13.2 Å². The molecule has 148 valence electrons. The average molecular weight is 391 g/mol. The van der Waals surface area contributed by atoms with Crippen LogP contribution in [0.3, 0.4) is 0 Å². The Labute approximate surface area is 162 Å². The van der Waals surface area contributed by atoms with Crippen molar-refractivity contribution in [1.82, 2.24) is 0 Å². The molecule has 0 saturated heterocycles. The average Bonchev–Trinajstić information content (AvgIpc) is 2.66. The van der Waals surface area contributed by atoms with E-state index in [4.69, 9.17) is 9.26 Å². The van der Waals surface area contributed by atoms with Crippen LogP contribution in [0.4, 0.5) is 5.69 Å². The van der Waals surface area contributed by atoms with Crippen molar-refractivity contribution in [2.24, 2.45) is 5.92 Å². The van der Waals surface area contributed by atoms with Crippen LogP contribution in [0.15, 0.2) is 48.5 Å². The van der Waals surface area contributed by atoms with Crippen molar-refractivity contribution in [2.75, 3.05) is 32.7 Å². The minimum atomic E-state index is -3.57. The van der Waals surface area contributed by atoms with Gasteiger partial charge in [-0.25, -0.2) is 0 Å². The summed E-state index contributed by atoms with van der Waals surface area (Å²) in [4.78, 5) is 1.96. The van der Waals surface area contributed by atoms with E-state index in [1.807, 2.05) is 37.2 Å². The second-order valence-electron chi connectivity index (χ2n) is 7.14. The van der Waals surface area contributed by atoms with E-state index in [0.29, 0.717) is 29.1 Å². The summed E-state index contributed by atoms with van der Waals surface area (Å²) in [5.41, 5.74) is 1.45. The summed E-state index contributed by atoms with van der Waals surface area (Å²) in [6, 6.07) is 14.3. The van der Waals surface area contributed by atoms with Gasteiger partial charge in [-0.1, -0.05) is 32.0 Å². The molecule has 0 aliphatic carbocycles. The van der Waals surface area contributed by atoms with Gasteiger partial charge < -0.3 is 19.3 Å². The van der Waals surface area contributed by atoms with Crippen LogP contribution in [0.1, 0.15) is 31.7 Å². The zero-order valence-corrected chi connectivity index (χ0v) is 17.6. The SMILES string of the molecule is COc1ccccc1[C@H](O)[P@](=O)(OCCC(C)C)c1ccc(N(C)C)cc1. The molecular formula is C21H30NO4P. The Morgan fingerprint density at radius 1 is 1.07 bits per heavy atom. The van der Waals surface area contributed by atoms with Crippen LogP contribution in [0.25, 0.3) is 0 Å². The predicted molar refractivity (Wildman–Crippen MR) is 111 cm³/mol. The third-order valence-electron chi connectivity index (χ3n) is 4.44. The van der Waals surface area contributed by atoms with Crippen LogP contribution >= 0.6 is 7.37 Å². The van der Waals surface area contributed by atoms with Gasteiger partial charge in [-0.3, -0.25) is 4.57 Å². The third kappa shape index (κ3) is 5.13. The molecule has 0 aliphatic heterocycles. The van der Waals surface area contributed by atoms with E-state index in [2.05, 4.69) is 13.8 Å². The second-order valence-corrected chi connectivity index (χ2v) is 9.60. The molecule has 27 heavy (non-hydrogen) atoms.